The van der Waals surface area contributed by atoms with Gasteiger partial charge in [0.05, 0.1) is 27.7 Å². The summed E-state index contributed by atoms with van der Waals surface area (Å²) >= 11 is 0. The summed E-state index contributed by atoms with van der Waals surface area (Å²) in [5.74, 6) is -0.334. The van der Waals surface area contributed by atoms with E-state index in [0.29, 0.717) is 17.5 Å². The quantitative estimate of drug-likeness (QED) is 0.0497. The number of rotatable bonds is 27. The lowest BCUT2D eigenvalue weighted by molar-refractivity contribution is -0.883. The zero-order valence-electron chi connectivity index (χ0n) is 25.2. The minimum Gasteiger partial charge on any atom is -0.320 e. The largest absolute Gasteiger partial charge is 0.385 e. The van der Waals surface area contributed by atoms with Gasteiger partial charge in [-0.1, -0.05) is 122 Å². The molecule has 2 atom stereocenters. The molecule has 216 valence electrons. The number of hydrogen-bond acceptors (Lipinski definition) is 2. The van der Waals surface area contributed by atoms with Gasteiger partial charge < -0.3 is 13.9 Å². The standard InChI is InChI=1S/C31H64NO3P/c1-6-8-9-10-11-12-13-14-15-16-17-18-19-20-21-22-23-24-25-26-27-28-30-35-36(33,34)31(29-7-2)32(3,4)5/h12-13,31H,6-11,14-30H2,1-5H3/p+1/b13-12-. The van der Waals surface area contributed by atoms with Gasteiger partial charge in [-0.05, 0) is 38.5 Å². The van der Waals surface area contributed by atoms with Crippen molar-refractivity contribution in [1.29, 1.82) is 0 Å². The number of allylic oxidation sites excluding steroid dienone is 2. The minimum atomic E-state index is -3.57. The molecule has 0 aliphatic carbocycles. The van der Waals surface area contributed by atoms with E-state index in [1.165, 1.54) is 116 Å². The molecule has 0 aromatic heterocycles. The number of unbranched alkanes of at least 4 members (excludes halogenated alkanes) is 18. The Morgan fingerprint density at radius 1 is 0.639 bits per heavy atom. The highest BCUT2D eigenvalue weighted by Crippen LogP contribution is 2.51. The van der Waals surface area contributed by atoms with Gasteiger partial charge in [0, 0.05) is 6.42 Å². The lowest BCUT2D eigenvalue weighted by Crippen LogP contribution is -2.45. The Morgan fingerprint density at radius 3 is 1.42 bits per heavy atom. The number of hydrogen-bond donors (Lipinski definition) is 1. The van der Waals surface area contributed by atoms with E-state index in [1.54, 1.807) is 0 Å². The van der Waals surface area contributed by atoms with Crippen LogP contribution in [0.25, 0.3) is 0 Å². The van der Waals surface area contributed by atoms with Crippen LogP contribution in [-0.4, -0.2) is 42.9 Å². The van der Waals surface area contributed by atoms with Crippen LogP contribution in [0.4, 0.5) is 0 Å². The smallest absolute Gasteiger partial charge is 0.320 e. The van der Waals surface area contributed by atoms with Gasteiger partial charge in [0.25, 0.3) is 0 Å². The van der Waals surface area contributed by atoms with E-state index < -0.39 is 7.60 Å². The summed E-state index contributed by atoms with van der Waals surface area (Å²) in [7, 11) is 2.36. The maximum absolute atomic E-state index is 12.7. The van der Waals surface area contributed by atoms with Crippen molar-refractivity contribution >= 4 is 7.60 Å². The van der Waals surface area contributed by atoms with Gasteiger partial charge in [0.1, 0.15) is 0 Å². The minimum absolute atomic E-state index is 0.334. The highest BCUT2D eigenvalue weighted by molar-refractivity contribution is 7.53. The van der Waals surface area contributed by atoms with Crippen LogP contribution in [0.2, 0.25) is 0 Å². The van der Waals surface area contributed by atoms with Crippen LogP contribution in [0.1, 0.15) is 155 Å². The second-order valence-electron chi connectivity index (χ2n) is 11.8. The molecule has 0 heterocycles. The fraction of sp³-hybridized carbons (Fsp3) is 0.935. The van der Waals surface area contributed by atoms with E-state index in [0.717, 1.165) is 19.3 Å². The monoisotopic (exact) mass is 530 g/mol. The molecule has 0 aromatic rings. The first-order valence-electron chi connectivity index (χ1n) is 15.7. The molecular formula is C31H65NO3P+. The topological polar surface area (TPSA) is 46.5 Å². The maximum Gasteiger partial charge on any atom is 0.385 e. The van der Waals surface area contributed by atoms with Crippen LogP contribution in [-0.2, 0) is 9.09 Å². The third-order valence-electron chi connectivity index (χ3n) is 7.25. The van der Waals surface area contributed by atoms with E-state index in [2.05, 4.69) is 26.0 Å². The molecular weight excluding hydrogens is 465 g/mol. The zero-order valence-corrected chi connectivity index (χ0v) is 26.0. The summed E-state index contributed by atoms with van der Waals surface area (Å²) in [5.41, 5.74) is 0. The van der Waals surface area contributed by atoms with E-state index >= 15 is 0 Å². The van der Waals surface area contributed by atoms with Crippen molar-refractivity contribution in [2.45, 2.75) is 161 Å². The lowest BCUT2D eigenvalue weighted by atomic mass is 10.0. The normalized spacial score (nSPS) is 14.9. The van der Waals surface area contributed by atoms with Crippen molar-refractivity contribution in [2.75, 3.05) is 27.7 Å². The molecule has 5 heteroatoms. The average molecular weight is 531 g/mol. The highest BCUT2D eigenvalue weighted by atomic mass is 31.2. The van der Waals surface area contributed by atoms with Crippen molar-refractivity contribution in [3.05, 3.63) is 12.2 Å². The fourth-order valence-corrected chi connectivity index (χ4v) is 6.96. The molecule has 0 saturated carbocycles. The second kappa shape index (κ2) is 23.9. The van der Waals surface area contributed by atoms with Crippen LogP contribution < -0.4 is 0 Å². The summed E-state index contributed by atoms with van der Waals surface area (Å²) in [4.78, 5) is 10.4. The van der Waals surface area contributed by atoms with Gasteiger partial charge >= 0.3 is 7.60 Å². The number of nitrogens with zero attached hydrogens (tertiary/aromatic N) is 1. The van der Waals surface area contributed by atoms with E-state index in [4.69, 9.17) is 4.52 Å². The summed E-state index contributed by atoms with van der Waals surface area (Å²) in [6, 6.07) is 0. The summed E-state index contributed by atoms with van der Waals surface area (Å²) < 4.78 is 18.7. The Kier molecular flexibility index (Phi) is 23.8. The van der Waals surface area contributed by atoms with E-state index in [1.807, 2.05) is 21.1 Å². The van der Waals surface area contributed by atoms with E-state index in [9.17, 15) is 9.46 Å². The molecule has 0 spiro atoms. The van der Waals surface area contributed by atoms with Crippen molar-refractivity contribution < 1.29 is 18.5 Å². The Balaban J connectivity index is 3.42. The molecule has 2 unspecified atom stereocenters. The highest BCUT2D eigenvalue weighted by Gasteiger charge is 2.41. The van der Waals surface area contributed by atoms with Gasteiger partial charge in [-0.2, -0.15) is 0 Å². The van der Waals surface area contributed by atoms with Crippen molar-refractivity contribution in [2.24, 2.45) is 0 Å². The Labute approximate surface area is 226 Å². The van der Waals surface area contributed by atoms with Gasteiger partial charge in [-0.3, -0.25) is 4.57 Å². The Morgan fingerprint density at radius 2 is 1.03 bits per heavy atom. The SMILES string of the molecule is CCCCCC/C=C\CCCCCCCCCCCCCCCCOP(=O)(O)C(CCC)[N+](C)(C)C. The first-order chi connectivity index (χ1) is 17.3. The summed E-state index contributed by atoms with van der Waals surface area (Å²) in [6.07, 6.45) is 32.8. The molecule has 0 amide bonds. The third kappa shape index (κ3) is 21.9. The maximum atomic E-state index is 12.7. The van der Waals surface area contributed by atoms with Gasteiger partial charge in [0.15, 0.2) is 5.78 Å². The third-order valence-corrected chi connectivity index (χ3v) is 9.51. The summed E-state index contributed by atoms with van der Waals surface area (Å²) in [5, 5.41) is 0. The van der Waals surface area contributed by atoms with Crippen molar-refractivity contribution in [1.82, 2.24) is 0 Å². The van der Waals surface area contributed by atoms with Gasteiger partial charge in [-0.15, -0.1) is 0 Å². The van der Waals surface area contributed by atoms with E-state index in [-0.39, 0.29) is 5.78 Å². The lowest BCUT2D eigenvalue weighted by Gasteiger charge is -2.35. The molecule has 0 aromatic carbocycles. The predicted octanol–water partition coefficient (Wildman–Crippen LogP) is 10.4. The van der Waals surface area contributed by atoms with Crippen LogP contribution in [0.15, 0.2) is 12.2 Å². The molecule has 36 heavy (non-hydrogen) atoms. The molecule has 0 aliphatic rings. The average Bonchev–Trinajstić information content (AvgIpc) is 2.82. The van der Waals surface area contributed by atoms with Crippen LogP contribution in [0.3, 0.4) is 0 Å². The Hall–Kier alpha value is -0.150. The fourth-order valence-electron chi connectivity index (χ4n) is 4.94. The molecule has 1 N–H and O–H groups in total. The van der Waals surface area contributed by atoms with Crippen LogP contribution >= 0.6 is 7.60 Å². The molecule has 0 fully saturated rings. The molecule has 4 nitrogen and oxygen atoms in total. The number of quaternary nitrogens is 1. The second-order valence-corrected chi connectivity index (χ2v) is 13.8. The first-order valence-corrected chi connectivity index (χ1v) is 17.3. The van der Waals surface area contributed by atoms with Crippen molar-refractivity contribution in [3.8, 4) is 0 Å². The zero-order chi connectivity index (χ0) is 27.0. The summed E-state index contributed by atoms with van der Waals surface area (Å²) in [6.45, 7) is 4.74. The molecule has 0 radical (unpaired) electrons. The molecule has 0 bridgehead atoms. The Bertz CT molecular complexity index is 544. The first kappa shape index (κ1) is 35.9. The predicted molar refractivity (Wildman–Crippen MR) is 160 cm³/mol. The van der Waals surface area contributed by atoms with Crippen LogP contribution in [0.5, 0.6) is 0 Å². The van der Waals surface area contributed by atoms with Gasteiger partial charge in [-0.25, -0.2) is 0 Å². The van der Waals surface area contributed by atoms with Crippen molar-refractivity contribution in [3.63, 3.8) is 0 Å². The van der Waals surface area contributed by atoms with Gasteiger partial charge in [0.2, 0.25) is 0 Å². The molecule has 0 rings (SSSR count). The molecule has 0 saturated heterocycles. The molecule has 0 aliphatic heterocycles. The van der Waals surface area contributed by atoms with Crippen LogP contribution in [0, 0.1) is 0 Å².